The molecule has 3 nitrogen and oxygen atoms in total. The lowest BCUT2D eigenvalue weighted by molar-refractivity contribution is -0.152. The van der Waals surface area contributed by atoms with Gasteiger partial charge in [0.2, 0.25) is 0 Å². The first kappa shape index (κ1) is 12.1. The largest absolute Gasteiger partial charge is 0.393 e. The summed E-state index contributed by atoms with van der Waals surface area (Å²) in [5, 5.41) is 0. The van der Waals surface area contributed by atoms with Gasteiger partial charge in [-0.25, -0.2) is 0 Å². The van der Waals surface area contributed by atoms with Gasteiger partial charge in [-0.15, -0.1) is 0 Å². The molecule has 0 aromatic rings. The van der Waals surface area contributed by atoms with Crippen LogP contribution in [0.2, 0.25) is 0 Å². The summed E-state index contributed by atoms with van der Waals surface area (Å²) >= 11 is 0. The fraction of sp³-hybridized carbons (Fsp3) is 0.800. The van der Waals surface area contributed by atoms with Gasteiger partial charge in [-0.3, -0.25) is 9.59 Å². The SMILES string of the molecule is CC1CC(=O)OC1=O.CCC(C)C. The lowest BCUT2D eigenvalue weighted by Gasteiger charge is -1.90. The number of carbonyl (C=O) groups is 2. The number of carbonyl (C=O) groups excluding carboxylic acids is 2. The van der Waals surface area contributed by atoms with Gasteiger partial charge in [-0.1, -0.05) is 34.1 Å². The van der Waals surface area contributed by atoms with Crippen LogP contribution in [-0.2, 0) is 14.3 Å². The van der Waals surface area contributed by atoms with Crippen LogP contribution in [0.15, 0.2) is 0 Å². The summed E-state index contributed by atoms with van der Waals surface area (Å²) in [4.78, 5) is 20.6. The van der Waals surface area contributed by atoms with Crippen LogP contribution in [0.5, 0.6) is 0 Å². The monoisotopic (exact) mass is 186 g/mol. The van der Waals surface area contributed by atoms with E-state index in [1.807, 2.05) is 0 Å². The molecule has 13 heavy (non-hydrogen) atoms. The maximum Gasteiger partial charge on any atom is 0.316 e. The Balaban J connectivity index is 0.000000252. The van der Waals surface area contributed by atoms with Crippen LogP contribution >= 0.6 is 0 Å². The molecule has 0 aliphatic carbocycles. The molecule has 0 N–H and O–H groups in total. The maximum absolute atomic E-state index is 10.3. The van der Waals surface area contributed by atoms with Crippen molar-refractivity contribution in [3.63, 3.8) is 0 Å². The molecule has 0 saturated carbocycles. The van der Waals surface area contributed by atoms with Gasteiger partial charge in [0, 0.05) is 0 Å². The second kappa shape index (κ2) is 5.73. The summed E-state index contributed by atoms with van der Waals surface area (Å²) in [6, 6.07) is 0. The van der Waals surface area contributed by atoms with Crippen LogP contribution in [0.3, 0.4) is 0 Å². The Morgan fingerprint density at radius 3 is 2.00 bits per heavy atom. The van der Waals surface area contributed by atoms with Crippen LogP contribution in [0.1, 0.15) is 40.5 Å². The number of esters is 2. The van der Waals surface area contributed by atoms with Gasteiger partial charge in [0.05, 0.1) is 12.3 Å². The molecule has 0 bridgehead atoms. The molecule has 3 heteroatoms. The fourth-order valence-electron chi connectivity index (χ4n) is 0.588. The Kier molecular flexibility index (Phi) is 5.35. The van der Waals surface area contributed by atoms with Crippen LogP contribution in [-0.4, -0.2) is 11.9 Å². The number of hydrogen-bond donors (Lipinski definition) is 0. The van der Waals surface area contributed by atoms with Crippen LogP contribution in [0, 0.1) is 11.8 Å². The molecule has 1 atom stereocenters. The number of hydrogen-bond acceptors (Lipinski definition) is 3. The third kappa shape index (κ3) is 5.39. The molecule has 0 radical (unpaired) electrons. The third-order valence-corrected chi connectivity index (χ3v) is 1.91. The molecule has 0 aromatic heterocycles. The van der Waals surface area contributed by atoms with Gasteiger partial charge in [-0.2, -0.15) is 0 Å². The minimum absolute atomic E-state index is 0.220. The van der Waals surface area contributed by atoms with Crippen molar-refractivity contribution in [2.75, 3.05) is 0 Å². The molecule has 1 unspecified atom stereocenters. The van der Waals surface area contributed by atoms with Gasteiger partial charge >= 0.3 is 11.9 Å². The van der Waals surface area contributed by atoms with Crippen molar-refractivity contribution in [1.29, 1.82) is 0 Å². The first-order chi connectivity index (χ1) is 5.97. The fourth-order valence-corrected chi connectivity index (χ4v) is 0.588. The van der Waals surface area contributed by atoms with Gasteiger partial charge in [0.1, 0.15) is 0 Å². The van der Waals surface area contributed by atoms with E-state index in [-0.39, 0.29) is 12.3 Å². The van der Waals surface area contributed by atoms with Crippen LogP contribution < -0.4 is 0 Å². The second-order valence-corrected chi connectivity index (χ2v) is 3.70. The van der Waals surface area contributed by atoms with Gasteiger partial charge in [-0.05, 0) is 5.92 Å². The molecule has 1 saturated heterocycles. The van der Waals surface area contributed by atoms with E-state index in [0.29, 0.717) is 0 Å². The quantitative estimate of drug-likeness (QED) is 0.465. The van der Waals surface area contributed by atoms with Crippen molar-refractivity contribution in [3.05, 3.63) is 0 Å². The van der Waals surface area contributed by atoms with Crippen LogP contribution in [0.25, 0.3) is 0 Å². The van der Waals surface area contributed by atoms with E-state index in [4.69, 9.17) is 0 Å². The zero-order valence-corrected chi connectivity index (χ0v) is 8.79. The summed E-state index contributed by atoms with van der Waals surface area (Å²) in [5.74, 6) is -0.130. The molecule has 1 rings (SSSR count). The normalized spacial score (nSPS) is 21.2. The topological polar surface area (TPSA) is 43.4 Å². The van der Waals surface area contributed by atoms with Crippen molar-refractivity contribution in [1.82, 2.24) is 0 Å². The van der Waals surface area contributed by atoms with E-state index >= 15 is 0 Å². The number of ether oxygens (including phenoxy) is 1. The third-order valence-electron chi connectivity index (χ3n) is 1.91. The van der Waals surface area contributed by atoms with Crippen molar-refractivity contribution >= 4 is 11.9 Å². The van der Waals surface area contributed by atoms with Gasteiger partial charge in [0.25, 0.3) is 0 Å². The molecule has 0 amide bonds. The predicted molar refractivity (Wildman–Crippen MR) is 50.0 cm³/mol. The van der Waals surface area contributed by atoms with E-state index < -0.39 is 11.9 Å². The van der Waals surface area contributed by atoms with Gasteiger partial charge in [0.15, 0.2) is 0 Å². The number of cyclic esters (lactones) is 2. The number of rotatable bonds is 1. The summed E-state index contributed by atoms with van der Waals surface area (Å²) in [6.45, 7) is 8.32. The first-order valence-corrected chi connectivity index (χ1v) is 4.71. The average Bonchev–Trinajstić information content (AvgIpc) is 2.31. The smallest absolute Gasteiger partial charge is 0.316 e. The van der Waals surface area contributed by atoms with Crippen molar-refractivity contribution in [2.24, 2.45) is 11.8 Å². The van der Waals surface area contributed by atoms with Crippen molar-refractivity contribution in [3.8, 4) is 0 Å². The highest BCUT2D eigenvalue weighted by atomic mass is 16.6. The Morgan fingerprint density at radius 2 is 1.92 bits per heavy atom. The van der Waals surface area contributed by atoms with E-state index in [0.717, 1.165) is 5.92 Å². The van der Waals surface area contributed by atoms with E-state index in [1.165, 1.54) is 6.42 Å². The summed E-state index contributed by atoms with van der Waals surface area (Å²) in [7, 11) is 0. The predicted octanol–water partition coefficient (Wildman–Crippen LogP) is 2.15. The van der Waals surface area contributed by atoms with Gasteiger partial charge < -0.3 is 4.74 Å². The highest BCUT2D eigenvalue weighted by Gasteiger charge is 2.28. The maximum atomic E-state index is 10.3. The van der Waals surface area contributed by atoms with Crippen molar-refractivity contribution in [2.45, 2.75) is 40.5 Å². The highest BCUT2D eigenvalue weighted by Crippen LogP contribution is 2.13. The average molecular weight is 186 g/mol. The summed E-state index contributed by atoms with van der Waals surface area (Å²) in [5.41, 5.74) is 0. The van der Waals surface area contributed by atoms with E-state index in [1.54, 1.807) is 6.92 Å². The lowest BCUT2D eigenvalue weighted by Crippen LogP contribution is -2.01. The minimum Gasteiger partial charge on any atom is -0.393 e. The summed E-state index contributed by atoms with van der Waals surface area (Å²) in [6.07, 6.45) is 1.55. The van der Waals surface area contributed by atoms with Crippen molar-refractivity contribution < 1.29 is 14.3 Å². The summed E-state index contributed by atoms with van der Waals surface area (Å²) < 4.78 is 4.20. The zero-order valence-electron chi connectivity index (χ0n) is 8.79. The molecule has 1 aliphatic heterocycles. The molecule has 1 aliphatic rings. The molecular formula is C10H18O3. The lowest BCUT2D eigenvalue weighted by atomic mass is 10.1. The standard InChI is InChI=1S/C5H6O3.C5H12/c1-3-2-4(6)8-5(3)7;1-4-5(2)3/h3H,2H2,1H3;5H,4H2,1-3H3. The van der Waals surface area contributed by atoms with E-state index in [2.05, 4.69) is 25.5 Å². The molecule has 0 spiro atoms. The Bertz CT molecular complexity index is 185. The molecule has 0 aromatic carbocycles. The Labute approximate surface area is 79.5 Å². The first-order valence-electron chi connectivity index (χ1n) is 4.71. The molecule has 1 fully saturated rings. The molecule has 1 heterocycles. The Morgan fingerprint density at radius 1 is 1.46 bits per heavy atom. The zero-order chi connectivity index (χ0) is 10.4. The van der Waals surface area contributed by atoms with E-state index in [9.17, 15) is 9.59 Å². The second-order valence-electron chi connectivity index (χ2n) is 3.70. The van der Waals surface area contributed by atoms with Crippen LogP contribution in [0.4, 0.5) is 0 Å². The minimum atomic E-state index is -0.400. The highest BCUT2D eigenvalue weighted by molar-refractivity contribution is 5.94. The molecule has 76 valence electrons. The molecular weight excluding hydrogens is 168 g/mol. The Hall–Kier alpha value is -0.860.